The fraction of sp³-hybridized carbons (Fsp3) is 0.714. The van der Waals surface area contributed by atoms with Gasteiger partial charge < -0.3 is 10.2 Å². The van der Waals surface area contributed by atoms with E-state index in [1.165, 1.54) is 0 Å². The van der Waals surface area contributed by atoms with E-state index in [1.54, 1.807) is 0 Å². The number of hydrogen-bond acceptors (Lipinski definition) is 4. The highest BCUT2D eigenvalue weighted by molar-refractivity contribution is 8.00. The van der Waals surface area contributed by atoms with Gasteiger partial charge in [0.05, 0.1) is 6.54 Å². The first-order valence-corrected chi connectivity index (χ1v) is 9.26. The molecule has 1 aliphatic heterocycles. The van der Waals surface area contributed by atoms with Gasteiger partial charge in [0.2, 0.25) is 0 Å². The van der Waals surface area contributed by atoms with Gasteiger partial charge in [0.25, 0.3) is 0 Å². The molecule has 0 radical (unpaired) electrons. The molecule has 0 saturated carbocycles. The summed E-state index contributed by atoms with van der Waals surface area (Å²) in [6.45, 7) is 8.96. The molecule has 0 amide bonds. The van der Waals surface area contributed by atoms with Crippen LogP contribution in [0.1, 0.15) is 31.5 Å². The third kappa shape index (κ3) is 5.27. The Morgan fingerprint density at radius 2 is 2.22 bits per heavy atom. The summed E-state index contributed by atoms with van der Waals surface area (Å²) >= 11 is 2.91. The van der Waals surface area contributed by atoms with Gasteiger partial charge in [-0.15, -0.1) is 11.3 Å². The number of aromatic nitrogens is 1. The first-order valence-electron chi connectivity index (χ1n) is 7.40. The normalized spacial score (nSPS) is 19.0. The summed E-state index contributed by atoms with van der Waals surface area (Å²) in [4.78, 5) is 10.3. The van der Waals surface area contributed by atoms with E-state index < -0.39 is 11.9 Å². The van der Waals surface area contributed by atoms with Gasteiger partial charge in [-0.2, -0.15) is 24.9 Å². The Hall–Kier alpha value is -0.960. The quantitative estimate of drug-likeness (QED) is 0.657. The molecule has 1 saturated heterocycles. The molecular formula is C14H21F3N4S2. The van der Waals surface area contributed by atoms with Crippen LogP contribution in [0.4, 0.5) is 13.2 Å². The monoisotopic (exact) mass is 366 g/mol. The van der Waals surface area contributed by atoms with Gasteiger partial charge in [-0.05, 0) is 20.8 Å². The summed E-state index contributed by atoms with van der Waals surface area (Å²) in [5.41, 5.74) is -0.840. The molecule has 1 aliphatic rings. The smallest absolute Gasteiger partial charge is 0.357 e. The highest BCUT2D eigenvalue weighted by Crippen LogP contribution is 2.31. The Bertz CT molecular complexity index is 554. The van der Waals surface area contributed by atoms with Crippen molar-refractivity contribution in [1.29, 1.82) is 0 Å². The molecule has 0 spiro atoms. The number of aliphatic imine (C=N–C) groups is 1. The number of thioether (sulfide) groups is 1. The fourth-order valence-corrected chi connectivity index (χ4v) is 4.11. The Morgan fingerprint density at radius 1 is 1.48 bits per heavy atom. The zero-order chi connectivity index (χ0) is 17.1. The number of nitrogens with one attached hydrogen (secondary N) is 1. The summed E-state index contributed by atoms with van der Waals surface area (Å²) in [5, 5.41) is 4.63. The van der Waals surface area contributed by atoms with Crippen LogP contribution in [0, 0.1) is 0 Å². The minimum Gasteiger partial charge on any atom is -0.357 e. The average Bonchev–Trinajstić information content (AvgIpc) is 2.91. The third-order valence-corrected chi connectivity index (χ3v) is 5.40. The van der Waals surface area contributed by atoms with E-state index in [1.807, 2.05) is 18.7 Å². The Morgan fingerprint density at radius 3 is 2.78 bits per heavy atom. The molecule has 1 N–H and O–H groups in total. The second-order valence-electron chi connectivity index (χ2n) is 5.82. The molecule has 0 bridgehead atoms. The van der Waals surface area contributed by atoms with Crippen LogP contribution in [0.5, 0.6) is 0 Å². The topological polar surface area (TPSA) is 40.5 Å². The molecule has 2 heterocycles. The molecule has 0 aliphatic carbocycles. The molecule has 0 atom stereocenters. The minimum absolute atomic E-state index is 0.138. The summed E-state index contributed by atoms with van der Waals surface area (Å²) in [7, 11) is 0. The van der Waals surface area contributed by atoms with Crippen molar-refractivity contribution in [2.75, 3.05) is 25.4 Å². The number of halogens is 3. The van der Waals surface area contributed by atoms with Crippen LogP contribution >= 0.6 is 23.1 Å². The minimum atomic E-state index is -4.39. The molecule has 1 fully saturated rings. The second kappa shape index (κ2) is 7.29. The van der Waals surface area contributed by atoms with Crippen LogP contribution < -0.4 is 5.32 Å². The fourth-order valence-electron chi connectivity index (χ4n) is 2.28. The van der Waals surface area contributed by atoms with E-state index in [9.17, 15) is 13.2 Å². The lowest BCUT2D eigenvalue weighted by Crippen LogP contribution is -2.50. The summed E-state index contributed by atoms with van der Waals surface area (Å²) in [6.07, 6.45) is -4.39. The number of thiazole rings is 1. The molecule has 0 aromatic carbocycles. The van der Waals surface area contributed by atoms with E-state index in [2.05, 4.69) is 34.0 Å². The van der Waals surface area contributed by atoms with Gasteiger partial charge in [0.15, 0.2) is 11.7 Å². The molecular weight excluding hydrogens is 345 g/mol. The summed E-state index contributed by atoms with van der Waals surface area (Å²) in [5.74, 6) is 1.75. The molecule has 1 aromatic heterocycles. The van der Waals surface area contributed by atoms with E-state index in [0.29, 0.717) is 11.6 Å². The Kier molecular flexibility index (Phi) is 5.83. The van der Waals surface area contributed by atoms with Crippen LogP contribution in [0.2, 0.25) is 0 Å². The van der Waals surface area contributed by atoms with Crippen molar-refractivity contribution in [2.45, 2.75) is 38.2 Å². The predicted molar refractivity (Wildman–Crippen MR) is 90.0 cm³/mol. The maximum atomic E-state index is 12.6. The average molecular weight is 366 g/mol. The Balaban J connectivity index is 2.08. The van der Waals surface area contributed by atoms with E-state index in [0.717, 1.165) is 41.5 Å². The van der Waals surface area contributed by atoms with Crippen LogP contribution in [-0.4, -0.2) is 46.0 Å². The largest absolute Gasteiger partial charge is 0.434 e. The maximum absolute atomic E-state index is 12.6. The van der Waals surface area contributed by atoms with Crippen molar-refractivity contribution in [3.63, 3.8) is 0 Å². The van der Waals surface area contributed by atoms with Gasteiger partial charge in [-0.3, -0.25) is 0 Å². The third-order valence-electron chi connectivity index (χ3n) is 3.27. The number of alkyl halides is 3. The lowest BCUT2D eigenvalue weighted by molar-refractivity contribution is -0.140. The summed E-state index contributed by atoms with van der Waals surface area (Å²) < 4.78 is 37.9. The van der Waals surface area contributed by atoms with Crippen molar-refractivity contribution in [1.82, 2.24) is 15.2 Å². The Labute approximate surface area is 142 Å². The van der Waals surface area contributed by atoms with Crippen molar-refractivity contribution in [2.24, 2.45) is 4.99 Å². The lowest BCUT2D eigenvalue weighted by Gasteiger charge is -2.39. The molecule has 4 nitrogen and oxygen atoms in total. The highest BCUT2D eigenvalue weighted by atomic mass is 32.2. The molecule has 130 valence electrons. The van der Waals surface area contributed by atoms with Crippen molar-refractivity contribution < 1.29 is 13.2 Å². The molecule has 2 rings (SSSR count). The van der Waals surface area contributed by atoms with Crippen molar-refractivity contribution in [3.05, 3.63) is 16.1 Å². The molecule has 0 unspecified atom stereocenters. The van der Waals surface area contributed by atoms with Gasteiger partial charge in [-0.1, -0.05) is 0 Å². The second-order valence-corrected chi connectivity index (χ2v) is 8.57. The predicted octanol–water partition coefficient (Wildman–Crippen LogP) is 3.45. The van der Waals surface area contributed by atoms with E-state index >= 15 is 0 Å². The van der Waals surface area contributed by atoms with E-state index in [-0.39, 0.29) is 11.3 Å². The molecule has 23 heavy (non-hydrogen) atoms. The number of guanidine groups is 1. The van der Waals surface area contributed by atoms with Gasteiger partial charge in [-0.25, -0.2) is 9.98 Å². The van der Waals surface area contributed by atoms with Crippen LogP contribution in [0.15, 0.2) is 10.4 Å². The van der Waals surface area contributed by atoms with E-state index in [4.69, 9.17) is 0 Å². The lowest BCUT2D eigenvalue weighted by atomic mass is 10.2. The van der Waals surface area contributed by atoms with Crippen LogP contribution in [-0.2, 0) is 12.7 Å². The molecule has 9 heteroatoms. The van der Waals surface area contributed by atoms with Gasteiger partial charge in [0, 0.05) is 35.5 Å². The van der Waals surface area contributed by atoms with Gasteiger partial charge in [0.1, 0.15) is 5.01 Å². The standard InChI is InChI=1S/C14H21F3N4S2/c1-4-18-12(21-5-6-23-13(2,3)9-21)19-7-11-20-10(8-22-11)14(15,16)17/h8H,4-7,9H2,1-3H3,(H,18,19). The molecule has 1 aromatic rings. The zero-order valence-corrected chi connectivity index (χ0v) is 15.0. The number of hydrogen-bond donors (Lipinski definition) is 1. The van der Waals surface area contributed by atoms with Gasteiger partial charge >= 0.3 is 6.18 Å². The van der Waals surface area contributed by atoms with Crippen LogP contribution in [0.3, 0.4) is 0 Å². The summed E-state index contributed by atoms with van der Waals surface area (Å²) in [6, 6.07) is 0. The first kappa shape index (κ1) is 18.4. The number of nitrogens with zero attached hydrogens (tertiary/aromatic N) is 3. The van der Waals surface area contributed by atoms with Crippen molar-refractivity contribution >= 4 is 29.1 Å². The SMILES string of the molecule is CCNC(=NCc1nc(C(F)(F)F)cs1)N1CCSC(C)(C)C1. The van der Waals surface area contributed by atoms with Crippen molar-refractivity contribution in [3.8, 4) is 0 Å². The van der Waals surface area contributed by atoms with Crippen LogP contribution in [0.25, 0.3) is 0 Å². The first-order chi connectivity index (χ1) is 10.7. The zero-order valence-electron chi connectivity index (χ0n) is 13.4. The number of rotatable bonds is 3. The highest BCUT2D eigenvalue weighted by Gasteiger charge is 2.33. The maximum Gasteiger partial charge on any atom is 0.434 e.